The Morgan fingerprint density at radius 2 is 2.37 bits per heavy atom. The number of ether oxygens (including phenoxy) is 3. The molecule has 1 N–H and O–H groups in total. The van der Waals surface area contributed by atoms with E-state index >= 15 is 0 Å². The molecule has 0 aliphatic carbocycles. The largest absolute Gasteiger partial charge is 0.463 e. The Balaban J connectivity index is 1.99. The van der Waals surface area contributed by atoms with Crippen molar-refractivity contribution in [2.24, 2.45) is 0 Å². The molecule has 0 spiro atoms. The van der Waals surface area contributed by atoms with E-state index < -0.39 is 5.97 Å². The predicted octanol–water partition coefficient (Wildman–Crippen LogP) is 0.399. The van der Waals surface area contributed by atoms with Crippen molar-refractivity contribution in [3.63, 3.8) is 0 Å². The number of aryl methyl sites for hydroxylation is 1. The van der Waals surface area contributed by atoms with Gasteiger partial charge in [0.2, 0.25) is 5.82 Å². The number of hydrogen-bond donors (Lipinski definition) is 1. The zero-order chi connectivity index (χ0) is 13.7. The zero-order valence-corrected chi connectivity index (χ0v) is 11.0. The van der Waals surface area contributed by atoms with Crippen molar-refractivity contribution in [1.82, 2.24) is 9.97 Å². The predicted molar refractivity (Wildman–Crippen MR) is 67.2 cm³/mol. The molecule has 1 atom stereocenters. The first-order valence-electron chi connectivity index (χ1n) is 6.06. The van der Waals surface area contributed by atoms with Crippen LogP contribution in [0.25, 0.3) is 0 Å². The van der Waals surface area contributed by atoms with Crippen LogP contribution in [0.15, 0.2) is 6.07 Å². The van der Waals surface area contributed by atoms with Gasteiger partial charge in [0.1, 0.15) is 5.82 Å². The molecule has 0 radical (unpaired) electrons. The van der Waals surface area contributed by atoms with Gasteiger partial charge in [-0.3, -0.25) is 0 Å². The van der Waals surface area contributed by atoms with Gasteiger partial charge in [0.25, 0.3) is 0 Å². The maximum Gasteiger partial charge on any atom is 0.376 e. The quantitative estimate of drug-likeness (QED) is 0.790. The van der Waals surface area contributed by atoms with Gasteiger partial charge in [-0.05, 0) is 6.92 Å². The Kier molecular flexibility index (Phi) is 4.64. The smallest absolute Gasteiger partial charge is 0.376 e. The summed E-state index contributed by atoms with van der Waals surface area (Å²) in [6, 6.07) is 1.76. The second-order valence-electron chi connectivity index (χ2n) is 4.16. The normalized spacial score (nSPS) is 18.9. The molecule has 2 rings (SSSR count). The summed E-state index contributed by atoms with van der Waals surface area (Å²) >= 11 is 0. The minimum atomic E-state index is -0.552. The summed E-state index contributed by atoms with van der Waals surface area (Å²) in [6.07, 6.45) is -0.00871. The Morgan fingerprint density at radius 3 is 3.05 bits per heavy atom. The van der Waals surface area contributed by atoms with Crippen molar-refractivity contribution in [1.29, 1.82) is 0 Å². The molecule has 0 amide bonds. The van der Waals surface area contributed by atoms with Crippen LogP contribution >= 0.6 is 0 Å². The first-order chi connectivity index (χ1) is 9.19. The lowest BCUT2D eigenvalue weighted by atomic mass is 10.3. The summed E-state index contributed by atoms with van der Waals surface area (Å²) < 4.78 is 15.4. The van der Waals surface area contributed by atoms with Crippen LogP contribution in [0.3, 0.4) is 0 Å². The van der Waals surface area contributed by atoms with Crippen molar-refractivity contribution in [3.8, 4) is 0 Å². The molecule has 19 heavy (non-hydrogen) atoms. The summed E-state index contributed by atoms with van der Waals surface area (Å²) in [5.41, 5.74) is 0.693. The van der Waals surface area contributed by atoms with Crippen molar-refractivity contribution in [2.75, 3.05) is 38.8 Å². The van der Waals surface area contributed by atoms with Gasteiger partial charge in [0.05, 0.1) is 33.0 Å². The SMILES string of the molecule is COC(=O)c1nc(C)cc(NCC2COCCO2)n1. The molecule has 7 nitrogen and oxygen atoms in total. The van der Waals surface area contributed by atoms with Gasteiger partial charge < -0.3 is 19.5 Å². The van der Waals surface area contributed by atoms with Crippen LogP contribution in [0, 0.1) is 6.92 Å². The lowest BCUT2D eigenvalue weighted by Crippen LogP contribution is -2.34. The zero-order valence-electron chi connectivity index (χ0n) is 11.0. The maximum atomic E-state index is 11.4. The molecule has 1 aliphatic rings. The van der Waals surface area contributed by atoms with Crippen molar-refractivity contribution >= 4 is 11.8 Å². The van der Waals surface area contributed by atoms with Crippen molar-refractivity contribution in [2.45, 2.75) is 13.0 Å². The van der Waals surface area contributed by atoms with E-state index in [1.807, 2.05) is 0 Å². The summed E-state index contributed by atoms with van der Waals surface area (Å²) in [5.74, 6) is 0.0666. The van der Waals surface area contributed by atoms with Crippen LogP contribution in [0.5, 0.6) is 0 Å². The van der Waals surface area contributed by atoms with E-state index in [1.165, 1.54) is 7.11 Å². The summed E-state index contributed by atoms with van der Waals surface area (Å²) in [6.45, 7) is 4.15. The van der Waals surface area contributed by atoms with Crippen LogP contribution in [-0.4, -0.2) is 55.5 Å². The molecular formula is C12H17N3O4. The molecular weight excluding hydrogens is 250 g/mol. The fraction of sp³-hybridized carbons (Fsp3) is 0.583. The number of carbonyl (C=O) groups excluding carboxylic acids is 1. The molecule has 2 heterocycles. The highest BCUT2D eigenvalue weighted by Crippen LogP contribution is 2.08. The van der Waals surface area contributed by atoms with E-state index in [1.54, 1.807) is 13.0 Å². The van der Waals surface area contributed by atoms with E-state index in [4.69, 9.17) is 9.47 Å². The summed E-state index contributed by atoms with van der Waals surface area (Å²) in [7, 11) is 1.30. The number of rotatable bonds is 4. The van der Waals surface area contributed by atoms with Gasteiger partial charge in [-0.2, -0.15) is 0 Å². The van der Waals surface area contributed by atoms with Crippen molar-refractivity contribution < 1.29 is 19.0 Å². The molecule has 7 heteroatoms. The van der Waals surface area contributed by atoms with Crippen LogP contribution in [0.1, 0.15) is 16.3 Å². The number of carbonyl (C=O) groups is 1. The third-order valence-corrected chi connectivity index (χ3v) is 2.62. The minimum absolute atomic E-state index is 0.00871. The van der Waals surface area contributed by atoms with Gasteiger partial charge in [0, 0.05) is 18.3 Å². The van der Waals surface area contributed by atoms with Crippen LogP contribution in [-0.2, 0) is 14.2 Å². The first kappa shape index (κ1) is 13.7. The maximum absolute atomic E-state index is 11.4. The molecule has 1 saturated heterocycles. The van der Waals surface area contributed by atoms with Crippen molar-refractivity contribution in [3.05, 3.63) is 17.6 Å². The summed E-state index contributed by atoms with van der Waals surface area (Å²) in [5, 5.41) is 3.11. The molecule has 1 aliphatic heterocycles. The van der Waals surface area contributed by atoms with E-state index in [9.17, 15) is 4.79 Å². The molecule has 1 aromatic rings. The monoisotopic (exact) mass is 267 g/mol. The fourth-order valence-corrected chi connectivity index (χ4v) is 1.71. The first-order valence-corrected chi connectivity index (χ1v) is 6.06. The topological polar surface area (TPSA) is 82.6 Å². The average molecular weight is 267 g/mol. The van der Waals surface area contributed by atoms with E-state index in [-0.39, 0.29) is 11.9 Å². The molecule has 0 bridgehead atoms. The second kappa shape index (κ2) is 6.44. The number of hydrogen-bond acceptors (Lipinski definition) is 7. The molecule has 104 valence electrons. The van der Waals surface area contributed by atoms with Gasteiger partial charge in [-0.15, -0.1) is 0 Å². The van der Waals surface area contributed by atoms with Crippen LogP contribution in [0.4, 0.5) is 5.82 Å². The fourth-order valence-electron chi connectivity index (χ4n) is 1.71. The third-order valence-electron chi connectivity index (χ3n) is 2.62. The average Bonchev–Trinajstić information content (AvgIpc) is 2.45. The van der Waals surface area contributed by atoms with Gasteiger partial charge in [-0.1, -0.05) is 0 Å². The molecule has 1 fully saturated rings. The number of nitrogens with zero attached hydrogens (tertiary/aromatic N) is 2. The number of anilines is 1. The Morgan fingerprint density at radius 1 is 1.53 bits per heavy atom. The standard InChI is InChI=1S/C12H17N3O4/c1-8-5-10(15-11(14-8)12(16)17-2)13-6-9-7-18-3-4-19-9/h5,9H,3-4,6-7H2,1-2H3,(H,13,14,15). The van der Waals surface area contributed by atoms with E-state index in [2.05, 4.69) is 20.0 Å². The summed E-state index contributed by atoms with van der Waals surface area (Å²) in [4.78, 5) is 19.5. The third kappa shape index (κ3) is 3.87. The number of nitrogens with one attached hydrogen (secondary N) is 1. The highest BCUT2D eigenvalue weighted by Gasteiger charge is 2.15. The lowest BCUT2D eigenvalue weighted by Gasteiger charge is -2.23. The number of aromatic nitrogens is 2. The highest BCUT2D eigenvalue weighted by atomic mass is 16.6. The van der Waals surface area contributed by atoms with E-state index in [0.29, 0.717) is 37.9 Å². The molecule has 0 aromatic carbocycles. The molecule has 1 unspecified atom stereocenters. The Bertz CT molecular complexity index is 447. The minimum Gasteiger partial charge on any atom is -0.463 e. The van der Waals surface area contributed by atoms with Gasteiger partial charge in [0.15, 0.2) is 0 Å². The van der Waals surface area contributed by atoms with E-state index in [0.717, 1.165) is 0 Å². The highest BCUT2D eigenvalue weighted by molar-refractivity contribution is 5.85. The number of methoxy groups -OCH3 is 1. The molecule has 1 aromatic heterocycles. The lowest BCUT2D eigenvalue weighted by molar-refractivity contribution is -0.0819. The second-order valence-corrected chi connectivity index (χ2v) is 4.16. The van der Waals surface area contributed by atoms with Gasteiger partial charge >= 0.3 is 5.97 Å². The Labute approximate surface area is 111 Å². The van der Waals surface area contributed by atoms with Crippen LogP contribution < -0.4 is 5.32 Å². The number of esters is 1. The van der Waals surface area contributed by atoms with Gasteiger partial charge in [-0.25, -0.2) is 14.8 Å². The molecule has 0 saturated carbocycles. The Hall–Kier alpha value is -1.73. The van der Waals surface area contributed by atoms with Crippen LogP contribution in [0.2, 0.25) is 0 Å².